The summed E-state index contributed by atoms with van der Waals surface area (Å²) in [5, 5.41) is 21.2. The molecule has 1 aliphatic heterocycles. The molecule has 9 nitrogen and oxygen atoms in total. The standard InChI is InChI=1S/C26H21N3O6/c1-34-16-11-12-17(20(13-16)35-2)23(31)21-22(14-7-9-15(30)10-8-14)29(25(33)24(21)32)26-27-18-5-3-4-6-19(18)28-26/h3-13,22,30-31H,1-2H3,(H,27,28)/b23-21+. The Hall–Kier alpha value is -4.79. The minimum atomic E-state index is -1.01. The number of hydrogen-bond acceptors (Lipinski definition) is 7. The topological polar surface area (TPSA) is 125 Å². The van der Waals surface area contributed by atoms with Crippen LogP contribution in [0.4, 0.5) is 5.95 Å². The van der Waals surface area contributed by atoms with Crippen molar-refractivity contribution in [1.29, 1.82) is 0 Å². The molecule has 1 atom stereocenters. The van der Waals surface area contributed by atoms with Crippen molar-refractivity contribution in [3.63, 3.8) is 0 Å². The Morgan fingerprint density at radius 1 is 1.00 bits per heavy atom. The third-order valence-corrected chi connectivity index (χ3v) is 5.92. The van der Waals surface area contributed by atoms with E-state index in [0.717, 1.165) is 0 Å². The summed E-state index contributed by atoms with van der Waals surface area (Å²) >= 11 is 0. The Morgan fingerprint density at radius 2 is 1.74 bits per heavy atom. The molecular formula is C26H21N3O6. The molecule has 35 heavy (non-hydrogen) atoms. The van der Waals surface area contributed by atoms with Crippen LogP contribution in [0.3, 0.4) is 0 Å². The fourth-order valence-electron chi connectivity index (χ4n) is 4.22. The number of carbonyl (C=O) groups is 2. The molecule has 4 aromatic rings. The SMILES string of the molecule is COc1ccc(/C(O)=C2\C(=O)C(=O)N(c3nc4ccccc4[nH]3)C2c2ccc(O)cc2)c(OC)c1. The van der Waals surface area contributed by atoms with Gasteiger partial charge in [-0.15, -0.1) is 0 Å². The number of hydrogen-bond donors (Lipinski definition) is 3. The van der Waals surface area contributed by atoms with Gasteiger partial charge in [0.25, 0.3) is 5.78 Å². The Bertz CT molecular complexity index is 1460. The van der Waals surface area contributed by atoms with Crippen LogP contribution in [0.2, 0.25) is 0 Å². The van der Waals surface area contributed by atoms with Gasteiger partial charge in [0.2, 0.25) is 5.95 Å². The molecule has 0 saturated carbocycles. The maximum atomic E-state index is 13.3. The number of rotatable bonds is 5. The van der Waals surface area contributed by atoms with Crippen LogP contribution in [0.1, 0.15) is 17.2 Å². The summed E-state index contributed by atoms with van der Waals surface area (Å²) in [6.45, 7) is 0. The number of aliphatic hydroxyl groups excluding tert-OH is 1. The van der Waals surface area contributed by atoms with Gasteiger partial charge in [-0.2, -0.15) is 0 Å². The number of aliphatic hydroxyl groups is 1. The number of phenolic OH excluding ortho intramolecular Hbond substituents is 1. The van der Waals surface area contributed by atoms with Gasteiger partial charge in [-0.1, -0.05) is 24.3 Å². The van der Waals surface area contributed by atoms with E-state index in [9.17, 15) is 19.8 Å². The van der Waals surface area contributed by atoms with Crippen molar-refractivity contribution in [2.24, 2.45) is 0 Å². The van der Waals surface area contributed by atoms with E-state index >= 15 is 0 Å². The molecule has 0 bridgehead atoms. The molecule has 0 aliphatic carbocycles. The highest BCUT2D eigenvalue weighted by molar-refractivity contribution is 6.51. The first-order valence-corrected chi connectivity index (χ1v) is 10.7. The number of H-pyrrole nitrogens is 1. The molecule has 1 aromatic heterocycles. The normalized spacial score (nSPS) is 17.2. The number of para-hydroxylation sites is 2. The number of ether oxygens (including phenoxy) is 2. The summed E-state index contributed by atoms with van der Waals surface area (Å²) in [6.07, 6.45) is 0. The number of benzene rings is 3. The lowest BCUT2D eigenvalue weighted by Gasteiger charge is -2.23. The molecule has 1 unspecified atom stereocenters. The number of nitrogens with one attached hydrogen (secondary N) is 1. The molecule has 3 N–H and O–H groups in total. The lowest BCUT2D eigenvalue weighted by atomic mass is 9.95. The molecule has 9 heteroatoms. The molecule has 1 saturated heterocycles. The number of phenols is 1. The van der Waals surface area contributed by atoms with Crippen molar-refractivity contribution in [3.8, 4) is 17.2 Å². The molecule has 0 radical (unpaired) electrons. The minimum absolute atomic E-state index is 0.0197. The first kappa shape index (κ1) is 22.0. The third-order valence-electron chi connectivity index (χ3n) is 5.92. The van der Waals surface area contributed by atoms with Gasteiger partial charge in [0.15, 0.2) is 0 Å². The van der Waals surface area contributed by atoms with Crippen LogP contribution in [0.5, 0.6) is 17.2 Å². The Morgan fingerprint density at radius 3 is 2.43 bits per heavy atom. The van der Waals surface area contributed by atoms with Crippen LogP contribution in [-0.4, -0.2) is 46.1 Å². The highest BCUT2D eigenvalue weighted by atomic mass is 16.5. The van der Waals surface area contributed by atoms with E-state index < -0.39 is 23.5 Å². The third kappa shape index (κ3) is 3.63. The molecular weight excluding hydrogens is 450 g/mol. The molecule has 1 amide bonds. The van der Waals surface area contributed by atoms with Crippen molar-refractivity contribution >= 4 is 34.4 Å². The van der Waals surface area contributed by atoms with E-state index in [1.54, 1.807) is 42.5 Å². The van der Waals surface area contributed by atoms with Gasteiger partial charge in [-0.3, -0.25) is 14.5 Å². The number of amides is 1. The molecule has 1 fully saturated rings. The maximum absolute atomic E-state index is 13.3. The minimum Gasteiger partial charge on any atom is -0.508 e. The van der Waals surface area contributed by atoms with Gasteiger partial charge in [0.05, 0.1) is 42.4 Å². The zero-order valence-electron chi connectivity index (χ0n) is 18.9. The first-order chi connectivity index (χ1) is 16.9. The number of aromatic nitrogens is 2. The van der Waals surface area contributed by atoms with E-state index in [4.69, 9.17) is 9.47 Å². The summed E-state index contributed by atoms with van der Waals surface area (Å²) in [4.78, 5) is 35.4. The van der Waals surface area contributed by atoms with E-state index in [1.807, 2.05) is 12.1 Å². The number of fused-ring (bicyclic) bond motifs is 1. The van der Waals surface area contributed by atoms with E-state index in [0.29, 0.717) is 22.3 Å². The summed E-state index contributed by atoms with van der Waals surface area (Å²) in [5.41, 5.74) is 1.89. The maximum Gasteiger partial charge on any atom is 0.302 e. The molecule has 0 spiro atoms. The van der Waals surface area contributed by atoms with Crippen molar-refractivity contribution in [2.75, 3.05) is 19.1 Å². The molecule has 2 heterocycles. The van der Waals surface area contributed by atoms with Crippen molar-refractivity contribution in [1.82, 2.24) is 9.97 Å². The number of Topliss-reactive ketones (excluding diaryl/α,β-unsaturated/α-hetero) is 1. The highest BCUT2D eigenvalue weighted by Gasteiger charge is 2.48. The predicted molar refractivity (Wildman–Crippen MR) is 129 cm³/mol. The van der Waals surface area contributed by atoms with Crippen LogP contribution in [-0.2, 0) is 9.59 Å². The number of aromatic hydroxyl groups is 1. The second kappa shape index (κ2) is 8.53. The van der Waals surface area contributed by atoms with Gasteiger partial charge in [0.1, 0.15) is 23.0 Å². The Balaban J connectivity index is 1.74. The van der Waals surface area contributed by atoms with Crippen LogP contribution in [0, 0.1) is 0 Å². The zero-order chi connectivity index (χ0) is 24.7. The number of imidazole rings is 1. The quantitative estimate of drug-likeness (QED) is 0.229. The second-order valence-electron chi connectivity index (χ2n) is 7.90. The van der Waals surface area contributed by atoms with Crippen LogP contribution >= 0.6 is 0 Å². The smallest absolute Gasteiger partial charge is 0.302 e. The van der Waals surface area contributed by atoms with Crippen molar-refractivity contribution in [2.45, 2.75) is 6.04 Å². The van der Waals surface area contributed by atoms with Crippen molar-refractivity contribution in [3.05, 3.63) is 83.4 Å². The van der Waals surface area contributed by atoms with Crippen molar-refractivity contribution < 1.29 is 29.3 Å². The van der Waals surface area contributed by atoms with Gasteiger partial charge in [0, 0.05) is 6.07 Å². The van der Waals surface area contributed by atoms with Gasteiger partial charge in [-0.05, 0) is 42.0 Å². The second-order valence-corrected chi connectivity index (χ2v) is 7.90. The predicted octanol–water partition coefficient (Wildman–Crippen LogP) is 3.91. The lowest BCUT2D eigenvalue weighted by molar-refractivity contribution is -0.132. The van der Waals surface area contributed by atoms with Crippen LogP contribution in [0.25, 0.3) is 16.8 Å². The number of anilines is 1. The number of nitrogens with zero attached hydrogens (tertiary/aromatic N) is 2. The number of ketones is 1. The fraction of sp³-hybridized carbons (Fsp3) is 0.115. The van der Waals surface area contributed by atoms with Crippen LogP contribution < -0.4 is 14.4 Å². The summed E-state index contributed by atoms with van der Waals surface area (Å²) in [7, 11) is 2.92. The van der Waals surface area contributed by atoms with Crippen LogP contribution in [0.15, 0.2) is 72.3 Å². The molecule has 5 rings (SSSR count). The Labute approximate surface area is 199 Å². The Kier molecular flexibility index (Phi) is 5.37. The van der Waals surface area contributed by atoms with E-state index in [-0.39, 0.29) is 28.6 Å². The summed E-state index contributed by atoms with van der Waals surface area (Å²) < 4.78 is 10.6. The van der Waals surface area contributed by atoms with Gasteiger partial charge < -0.3 is 24.7 Å². The molecule has 3 aromatic carbocycles. The van der Waals surface area contributed by atoms with E-state index in [1.165, 1.54) is 31.3 Å². The molecule has 1 aliphatic rings. The molecule has 176 valence electrons. The monoisotopic (exact) mass is 471 g/mol. The summed E-state index contributed by atoms with van der Waals surface area (Å²) in [5.74, 6) is -1.19. The number of carbonyl (C=O) groups excluding carboxylic acids is 2. The lowest BCUT2D eigenvalue weighted by Crippen LogP contribution is -2.30. The first-order valence-electron chi connectivity index (χ1n) is 10.7. The average Bonchev–Trinajstić information content (AvgIpc) is 3.42. The summed E-state index contributed by atoms with van der Waals surface area (Å²) in [6, 6.07) is 17.0. The highest BCUT2D eigenvalue weighted by Crippen LogP contribution is 2.43. The zero-order valence-corrected chi connectivity index (χ0v) is 18.9. The number of aromatic amines is 1. The van der Waals surface area contributed by atoms with Gasteiger partial charge in [-0.25, -0.2) is 4.98 Å². The average molecular weight is 471 g/mol. The largest absolute Gasteiger partial charge is 0.508 e. The van der Waals surface area contributed by atoms with E-state index in [2.05, 4.69) is 9.97 Å². The fourth-order valence-corrected chi connectivity index (χ4v) is 4.22. The van der Waals surface area contributed by atoms with Gasteiger partial charge >= 0.3 is 5.91 Å². The number of methoxy groups -OCH3 is 2.